The second-order valence-corrected chi connectivity index (χ2v) is 6.08. The van der Waals surface area contributed by atoms with Crippen molar-refractivity contribution in [3.63, 3.8) is 0 Å². The lowest BCUT2D eigenvalue weighted by atomic mass is 10.1. The Bertz CT molecular complexity index is 862. The van der Waals surface area contributed by atoms with Crippen LogP contribution in [0.25, 0.3) is 0 Å². The first-order valence-corrected chi connectivity index (χ1v) is 8.62. The standard InChI is InChI=1S/C15H15F3N6O2S/c1-27-13-10(6-21-26)12(22-14(20)23-13)24(7-11(19)25)9-4-2-3-8(5-9)15(16,17)18/h2-5H,6-7H2,1H3,(H2,19,25)(H2,20,22,23). The zero-order valence-corrected chi connectivity index (χ0v) is 14.8. The Morgan fingerprint density at radius 2 is 2.04 bits per heavy atom. The highest BCUT2D eigenvalue weighted by molar-refractivity contribution is 7.98. The molecule has 0 saturated carbocycles. The average Bonchev–Trinajstić information content (AvgIpc) is 2.60. The van der Waals surface area contributed by atoms with Gasteiger partial charge in [0, 0.05) is 5.69 Å². The van der Waals surface area contributed by atoms with Crippen molar-refractivity contribution in [3.8, 4) is 0 Å². The van der Waals surface area contributed by atoms with E-state index >= 15 is 0 Å². The van der Waals surface area contributed by atoms with Gasteiger partial charge in [0.25, 0.3) is 0 Å². The van der Waals surface area contributed by atoms with Crippen LogP contribution in [0.1, 0.15) is 11.1 Å². The number of aromatic nitrogens is 2. The minimum absolute atomic E-state index is 0.000858. The molecular weight excluding hydrogens is 385 g/mol. The Hall–Kier alpha value is -2.89. The highest BCUT2D eigenvalue weighted by atomic mass is 32.2. The fourth-order valence-electron chi connectivity index (χ4n) is 2.36. The van der Waals surface area contributed by atoms with Crippen LogP contribution >= 0.6 is 11.8 Å². The molecule has 12 heteroatoms. The summed E-state index contributed by atoms with van der Waals surface area (Å²) in [5.41, 5.74) is 10.2. The van der Waals surface area contributed by atoms with Gasteiger partial charge in [-0.05, 0) is 24.5 Å². The molecule has 0 fully saturated rings. The molecule has 2 aromatic rings. The van der Waals surface area contributed by atoms with Crippen LogP contribution in [0.15, 0.2) is 34.5 Å². The van der Waals surface area contributed by atoms with E-state index in [1.807, 2.05) is 0 Å². The maximum atomic E-state index is 13.1. The van der Waals surface area contributed by atoms with Crippen molar-refractivity contribution in [2.24, 2.45) is 10.9 Å². The molecule has 0 saturated heterocycles. The largest absolute Gasteiger partial charge is 0.416 e. The number of benzene rings is 1. The van der Waals surface area contributed by atoms with E-state index in [9.17, 15) is 22.9 Å². The number of nitrogens with two attached hydrogens (primary N) is 2. The summed E-state index contributed by atoms with van der Waals surface area (Å²) >= 11 is 1.15. The summed E-state index contributed by atoms with van der Waals surface area (Å²) < 4.78 is 39.2. The molecule has 1 aromatic carbocycles. The fourth-order valence-corrected chi connectivity index (χ4v) is 2.94. The molecule has 27 heavy (non-hydrogen) atoms. The van der Waals surface area contributed by atoms with Crippen LogP contribution in [0, 0.1) is 4.91 Å². The van der Waals surface area contributed by atoms with E-state index in [1.54, 1.807) is 6.26 Å². The van der Waals surface area contributed by atoms with Crippen LogP contribution in [-0.2, 0) is 17.5 Å². The van der Waals surface area contributed by atoms with Crippen molar-refractivity contribution in [2.75, 3.05) is 23.4 Å². The summed E-state index contributed by atoms with van der Waals surface area (Å²) in [6, 6.07) is 4.27. The van der Waals surface area contributed by atoms with Crippen LogP contribution in [0.5, 0.6) is 0 Å². The number of alkyl halides is 3. The number of rotatable bonds is 7. The van der Waals surface area contributed by atoms with Gasteiger partial charge in [0.1, 0.15) is 23.9 Å². The SMILES string of the molecule is CSc1nc(N)nc(N(CC(N)=O)c2cccc(C(F)(F)F)c2)c1CN=O. The number of hydrogen-bond acceptors (Lipinski definition) is 8. The first-order chi connectivity index (χ1) is 12.7. The number of carbonyl (C=O) groups is 1. The van der Waals surface area contributed by atoms with Crippen LogP contribution in [-0.4, -0.2) is 28.7 Å². The molecule has 1 aromatic heterocycles. The minimum Gasteiger partial charge on any atom is -0.368 e. The Kier molecular flexibility index (Phi) is 6.20. The number of primary amides is 1. The maximum Gasteiger partial charge on any atom is 0.416 e. The zero-order valence-electron chi connectivity index (χ0n) is 14.0. The number of nitrogen functional groups attached to an aromatic ring is 1. The number of halogens is 3. The van der Waals surface area contributed by atoms with Gasteiger partial charge >= 0.3 is 6.18 Å². The van der Waals surface area contributed by atoms with Crippen LogP contribution < -0.4 is 16.4 Å². The highest BCUT2D eigenvalue weighted by Crippen LogP contribution is 2.36. The first kappa shape index (κ1) is 20.4. The molecule has 0 unspecified atom stereocenters. The second-order valence-electron chi connectivity index (χ2n) is 5.28. The number of thioether (sulfide) groups is 1. The molecule has 0 aliphatic heterocycles. The molecule has 4 N–H and O–H groups in total. The number of nitroso groups, excluding NO2 is 1. The normalized spacial score (nSPS) is 11.3. The summed E-state index contributed by atoms with van der Waals surface area (Å²) in [4.78, 5) is 31.5. The van der Waals surface area contributed by atoms with Crippen molar-refractivity contribution in [3.05, 3.63) is 40.3 Å². The zero-order chi connectivity index (χ0) is 20.2. The monoisotopic (exact) mass is 400 g/mol. The third-order valence-corrected chi connectivity index (χ3v) is 4.16. The van der Waals surface area contributed by atoms with E-state index in [-0.39, 0.29) is 29.6 Å². The van der Waals surface area contributed by atoms with Crippen molar-refractivity contribution >= 4 is 35.1 Å². The Morgan fingerprint density at radius 1 is 1.33 bits per heavy atom. The van der Waals surface area contributed by atoms with Gasteiger partial charge in [-0.25, -0.2) is 4.98 Å². The highest BCUT2D eigenvalue weighted by Gasteiger charge is 2.31. The van der Waals surface area contributed by atoms with Crippen LogP contribution in [0.4, 0.5) is 30.6 Å². The van der Waals surface area contributed by atoms with E-state index in [0.29, 0.717) is 5.03 Å². The second kappa shape index (κ2) is 8.20. The van der Waals surface area contributed by atoms with E-state index in [0.717, 1.165) is 28.8 Å². The molecule has 1 heterocycles. The summed E-state index contributed by atoms with van der Waals surface area (Å²) in [7, 11) is 0. The predicted molar refractivity (Wildman–Crippen MR) is 95.4 cm³/mol. The summed E-state index contributed by atoms with van der Waals surface area (Å²) in [6.07, 6.45) is -2.92. The van der Waals surface area contributed by atoms with Gasteiger partial charge in [-0.15, -0.1) is 11.8 Å². The molecule has 144 valence electrons. The number of amides is 1. The fraction of sp³-hybridized carbons (Fsp3) is 0.267. The number of carbonyl (C=O) groups excluding carboxylic acids is 1. The Morgan fingerprint density at radius 3 is 2.59 bits per heavy atom. The molecule has 0 aliphatic rings. The van der Waals surface area contributed by atoms with E-state index < -0.39 is 24.2 Å². The molecule has 0 atom stereocenters. The quantitative estimate of drug-likeness (QED) is 0.415. The third kappa shape index (κ3) is 4.84. The Balaban J connectivity index is 2.70. The van der Waals surface area contributed by atoms with Gasteiger partial charge in [0.2, 0.25) is 11.9 Å². The molecule has 0 aliphatic carbocycles. The minimum atomic E-state index is -4.59. The molecule has 0 radical (unpaired) electrons. The molecule has 0 spiro atoms. The molecule has 8 nitrogen and oxygen atoms in total. The van der Waals surface area contributed by atoms with Crippen LogP contribution in [0.2, 0.25) is 0 Å². The first-order valence-electron chi connectivity index (χ1n) is 7.40. The molecule has 1 amide bonds. The topological polar surface area (TPSA) is 128 Å². The predicted octanol–water partition coefficient (Wildman–Crippen LogP) is 2.69. The smallest absolute Gasteiger partial charge is 0.368 e. The van der Waals surface area contributed by atoms with Gasteiger partial charge in [0.05, 0.1) is 11.1 Å². The number of hydrogen-bond donors (Lipinski definition) is 2. The maximum absolute atomic E-state index is 13.1. The lowest BCUT2D eigenvalue weighted by Crippen LogP contribution is -2.32. The molecular formula is C15H15F3N6O2S. The molecule has 0 bridgehead atoms. The third-order valence-electron chi connectivity index (χ3n) is 3.44. The van der Waals surface area contributed by atoms with Gasteiger partial charge in [-0.3, -0.25) is 4.79 Å². The van der Waals surface area contributed by atoms with Gasteiger partial charge in [0.15, 0.2) is 0 Å². The van der Waals surface area contributed by atoms with Crippen molar-refractivity contribution in [1.82, 2.24) is 9.97 Å². The van der Waals surface area contributed by atoms with Crippen molar-refractivity contribution in [2.45, 2.75) is 17.7 Å². The average molecular weight is 400 g/mol. The lowest BCUT2D eigenvalue weighted by Gasteiger charge is -2.26. The van der Waals surface area contributed by atoms with Gasteiger partial charge in [-0.2, -0.15) is 23.1 Å². The number of anilines is 3. The Labute approximate surface area is 156 Å². The summed E-state index contributed by atoms with van der Waals surface area (Å²) in [5, 5.41) is 3.13. The van der Waals surface area contributed by atoms with Gasteiger partial charge < -0.3 is 16.4 Å². The summed E-state index contributed by atoms with van der Waals surface area (Å²) in [5.74, 6) is -1.00. The van der Waals surface area contributed by atoms with E-state index in [4.69, 9.17) is 11.5 Å². The van der Waals surface area contributed by atoms with E-state index in [1.165, 1.54) is 12.1 Å². The van der Waals surface area contributed by atoms with Gasteiger partial charge in [-0.1, -0.05) is 11.2 Å². The van der Waals surface area contributed by atoms with Crippen molar-refractivity contribution in [1.29, 1.82) is 0 Å². The lowest BCUT2D eigenvalue weighted by molar-refractivity contribution is -0.137. The van der Waals surface area contributed by atoms with Crippen LogP contribution in [0.3, 0.4) is 0 Å². The molecule has 2 rings (SSSR count). The summed E-state index contributed by atoms with van der Waals surface area (Å²) in [6.45, 7) is -0.850. The van der Waals surface area contributed by atoms with Crippen molar-refractivity contribution < 1.29 is 18.0 Å². The van der Waals surface area contributed by atoms with E-state index in [2.05, 4.69) is 15.1 Å². The number of nitrogens with zero attached hydrogens (tertiary/aromatic N) is 4.